The standard InChI is InChI=1S/C22H28FN9/c1-13-9-17(10-14(2)31(13)18-7-8-18)25-21-20(23)12-24-22(27-21)26-16-5-4-6-19(11-16)32-15(3)28-29-30-32/h4-6,11-14,17-18H,7-10H2,1-3H3,(H2,24,25,26,27). The summed E-state index contributed by atoms with van der Waals surface area (Å²) in [6, 6.07) is 9.44. The van der Waals surface area contributed by atoms with E-state index in [4.69, 9.17) is 0 Å². The third kappa shape index (κ3) is 4.27. The number of aromatic nitrogens is 6. The Hall–Kier alpha value is -3.14. The molecule has 9 nitrogen and oxygen atoms in total. The lowest BCUT2D eigenvalue weighted by Gasteiger charge is -2.43. The van der Waals surface area contributed by atoms with Crippen LogP contribution in [-0.2, 0) is 0 Å². The first kappa shape index (κ1) is 20.7. The van der Waals surface area contributed by atoms with Crippen molar-refractivity contribution < 1.29 is 4.39 Å². The molecule has 1 aliphatic carbocycles. The molecule has 2 N–H and O–H groups in total. The molecule has 1 saturated heterocycles. The Labute approximate surface area is 186 Å². The zero-order valence-corrected chi connectivity index (χ0v) is 18.5. The molecule has 2 unspecified atom stereocenters. The topological polar surface area (TPSA) is 96.7 Å². The average molecular weight is 438 g/mol. The fraction of sp³-hybridized carbons (Fsp3) is 0.500. The van der Waals surface area contributed by atoms with E-state index in [0.29, 0.717) is 23.9 Å². The van der Waals surface area contributed by atoms with E-state index in [1.165, 1.54) is 19.0 Å². The van der Waals surface area contributed by atoms with Gasteiger partial charge in [-0.25, -0.2) is 9.37 Å². The number of benzene rings is 1. The van der Waals surface area contributed by atoms with Gasteiger partial charge in [-0.15, -0.1) is 5.10 Å². The van der Waals surface area contributed by atoms with Crippen molar-refractivity contribution in [1.29, 1.82) is 0 Å². The van der Waals surface area contributed by atoms with Gasteiger partial charge in [-0.2, -0.15) is 9.67 Å². The van der Waals surface area contributed by atoms with Crippen molar-refractivity contribution in [3.8, 4) is 5.69 Å². The summed E-state index contributed by atoms with van der Waals surface area (Å²) in [7, 11) is 0. The molecule has 0 spiro atoms. The highest BCUT2D eigenvalue weighted by atomic mass is 19.1. The molecule has 1 saturated carbocycles. The van der Waals surface area contributed by atoms with Crippen LogP contribution in [-0.4, -0.2) is 59.2 Å². The number of piperidine rings is 1. The van der Waals surface area contributed by atoms with Crippen molar-refractivity contribution in [2.75, 3.05) is 10.6 Å². The molecule has 10 heteroatoms. The van der Waals surface area contributed by atoms with Crippen molar-refractivity contribution in [3.63, 3.8) is 0 Å². The summed E-state index contributed by atoms with van der Waals surface area (Å²) in [5, 5.41) is 18.1. The molecule has 2 atom stereocenters. The van der Waals surface area contributed by atoms with Gasteiger partial charge in [0.1, 0.15) is 0 Å². The van der Waals surface area contributed by atoms with Crippen LogP contribution in [0.15, 0.2) is 30.5 Å². The van der Waals surface area contributed by atoms with Gasteiger partial charge in [-0.1, -0.05) is 6.07 Å². The second-order valence-corrected chi connectivity index (χ2v) is 8.89. The predicted molar refractivity (Wildman–Crippen MR) is 120 cm³/mol. The molecule has 1 aromatic carbocycles. The summed E-state index contributed by atoms with van der Waals surface area (Å²) in [4.78, 5) is 11.2. The van der Waals surface area contributed by atoms with Crippen LogP contribution in [0.1, 0.15) is 45.4 Å². The SMILES string of the molecule is Cc1nnnn1-c1cccc(Nc2ncc(F)c(NC3CC(C)N(C4CC4)C(C)C3)n2)c1. The fourth-order valence-electron chi connectivity index (χ4n) is 4.84. The van der Waals surface area contributed by atoms with E-state index in [0.717, 1.165) is 30.3 Å². The lowest BCUT2D eigenvalue weighted by atomic mass is 9.92. The number of aryl methyl sites for hydroxylation is 1. The van der Waals surface area contributed by atoms with E-state index < -0.39 is 5.82 Å². The minimum Gasteiger partial charge on any atom is -0.365 e. The second-order valence-electron chi connectivity index (χ2n) is 8.89. The zero-order valence-electron chi connectivity index (χ0n) is 18.5. The monoisotopic (exact) mass is 437 g/mol. The molecule has 2 aromatic heterocycles. The number of rotatable bonds is 6. The molecule has 0 radical (unpaired) electrons. The third-order valence-corrected chi connectivity index (χ3v) is 6.29. The molecule has 1 aliphatic heterocycles. The first-order valence-electron chi connectivity index (χ1n) is 11.2. The van der Waals surface area contributed by atoms with Crippen LogP contribution in [0.25, 0.3) is 5.69 Å². The van der Waals surface area contributed by atoms with Gasteiger partial charge in [0.05, 0.1) is 11.9 Å². The van der Waals surface area contributed by atoms with Gasteiger partial charge in [-0.05, 0) is 75.1 Å². The number of hydrogen-bond donors (Lipinski definition) is 2. The van der Waals surface area contributed by atoms with Crippen molar-refractivity contribution in [1.82, 2.24) is 35.1 Å². The Morgan fingerprint density at radius 3 is 2.59 bits per heavy atom. The van der Waals surface area contributed by atoms with E-state index in [1.807, 2.05) is 31.2 Å². The molecular formula is C22H28FN9. The Kier molecular flexibility index (Phi) is 5.46. The van der Waals surface area contributed by atoms with E-state index in [2.05, 4.69) is 54.9 Å². The minimum atomic E-state index is -0.446. The van der Waals surface area contributed by atoms with Crippen LogP contribution in [0.5, 0.6) is 0 Å². The van der Waals surface area contributed by atoms with Gasteiger partial charge in [0.2, 0.25) is 5.95 Å². The first-order valence-corrected chi connectivity index (χ1v) is 11.2. The molecule has 2 aliphatic rings. The van der Waals surface area contributed by atoms with Crippen molar-refractivity contribution >= 4 is 17.5 Å². The molecule has 32 heavy (non-hydrogen) atoms. The quantitative estimate of drug-likeness (QED) is 0.605. The summed E-state index contributed by atoms with van der Waals surface area (Å²) in [6.45, 7) is 6.37. The largest absolute Gasteiger partial charge is 0.365 e. The highest BCUT2D eigenvalue weighted by molar-refractivity contribution is 5.58. The zero-order chi connectivity index (χ0) is 22.2. The number of tetrazole rings is 1. The second kappa shape index (κ2) is 8.42. The molecule has 5 rings (SSSR count). The maximum absolute atomic E-state index is 14.5. The van der Waals surface area contributed by atoms with E-state index in [9.17, 15) is 4.39 Å². The Bertz CT molecular complexity index is 1080. The number of nitrogens with one attached hydrogen (secondary N) is 2. The molecule has 168 valence electrons. The molecule has 0 bridgehead atoms. The smallest absolute Gasteiger partial charge is 0.229 e. The normalized spacial score (nSPS) is 23.8. The van der Waals surface area contributed by atoms with Crippen LogP contribution in [0, 0.1) is 12.7 Å². The van der Waals surface area contributed by atoms with Crippen molar-refractivity contribution in [3.05, 3.63) is 42.1 Å². The van der Waals surface area contributed by atoms with Gasteiger partial charge in [0.25, 0.3) is 0 Å². The maximum atomic E-state index is 14.5. The fourth-order valence-corrected chi connectivity index (χ4v) is 4.84. The summed E-state index contributed by atoms with van der Waals surface area (Å²) < 4.78 is 16.2. The molecule has 0 amide bonds. The Morgan fingerprint density at radius 2 is 1.91 bits per heavy atom. The van der Waals surface area contributed by atoms with Crippen LogP contribution >= 0.6 is 0 Å². The van der Waals surface area contributed by atoms with E-state index in [1.54, 1.807) is 4.68 Å². The van der Waals surface area contributed by atoms with E-state index >= 15 is 0 Å². The number of hydrogen-bond acceptors (Lipinski definition) is 8. The average Bonchev–Trinajstić information content (AvgIpc) is 3.49. The van der Waals surface area contributed by atoms with Gasteiger partial charge in [-0.3, -0.25) is 4.90 Å². The summed E-state index contributed by atoms with van der Waals surface area (Å²) in [6.07, 6.45) is 5.76. The number of likely N-dealkylation sites (tertiary alicyclic amines) is 1. The number of halogens is 1. The lowest BCUT2D eigenvalue weighted by Crippen LogP contribution is -2.51. The van der Waals surface area contributed by atoms with Gasteiger partial charge in [0.15, 0.2) is 17.5 Å². The highest BCUT2D eigenvalue weighted by Crippen LogP contribution is 2.36. The molecule has 2 fully saturated rings. The molecule has 3 aromatic rings. The first-order chi connectivity index (χ1) is 15.5. The summed E-state index contributed by atoms with van der Waals surface area (Å²) >= 11 is 0. The predicted octanol–water partition coefficient (Wildman–Crippen LogP) is 3.46. The van der Waals surface area contributed by atoms with Crippen LogP contribution in [0.4, 0.5) is 21.8 Å². The summed E-state index contributed by atoms with van der Waals surface area (Å²) in [5.41, 5.74) is 1.57. The Morgan fingerprint density at radius 1 is 1.12 bits per heavy atom. The number of nitrogens with zero attached hydrogens (tertiary/aromatic N) is 7. The number of anilines is 3. The van der Waals surface area contributed by atoms with Gasteiger partial charge >= 0.3 is 0 Å². The Balaban J connectivity index is 1.30. The van der Waals surface area contributed by atoms with Gasteiger partial charge in [0, 0.05) is 29.9 Å². The van der Waals surface area contributed by atoms with Crippen LogP contribution in [0.3, 0.4) is 0 Å². The van der Waals surface area contributed by atoms with Gasteiger partial charge < -0.3 is 10.6 Å². The molecule has 3 heterocycles. The molecular weight excluding hydrogens is 409 g/mol. The van der Waals surface area contributed by atoms with Crippen molar-refractivity contribution in [2.45, 2.75) is 70.6 Å². The summed E-state index contributed by atoms with van der Waals surface area (Å²) in [5.74, 6) is 0.802. The highest BCUT2D eigenvalue weighted by Gasteiger charge is 2.40. The van der Waals surface area contributed by atoms with Crippen LogP contribution < -0.4 is 10.6 Å². The minimum absolute atomic E-state index is 0.179. The maximum Gasteiger partial charge on any atom is 0.229 e. The van der Waals surface area contributed by atoms with Crippen LogP contribution in [0.2, 0.25) is 0 Å². The van der Waals surface area contributed by atoms with E-state index in [-0.39, 0.29) is 11.9 Å². The van der Waals surface area contributed by atoms with Crippen molar-refractivity contribution in [2.24, 2.45) is 0 Å². The third-order valence-electron chi connectivity index (χ3n) is 6.29. The lowest BCUT2D eigenvalue weighted by molar-refractivity contribution is 0.0877.